The molecule has 0 fully saturated rings. The van der Waals surface area contributed by atoms with Gasteiger partial charge in [0.1, 0.15) is 0 Å². The van der Waals surface area contributed by atoms with Gasteiger partial charge in [0, 0.05) is 23.3 Å². The van der Waals surface area contributed by atoms with Gasteiger partial charge < -0.3 is 4.90 Å². The number of rotatable bonds is 7. The zero-order chi connectivity index (χ0) is 30.1. The first-order valence-corrected chi connectivity index (χ1v) is 15.2. The normalized spacial score (nSPS) is 16.8. The van der Waals surface area contributed by atoms with Crippen LogP contribution >= 0.6 is 0 Å². The lowest BCUT2D eigenvalue weighted by atomic mass is 9.74. The fourth-order valence-electron chi connectivity index (χ4n) is 6.58. The van der Waals surface area contributed by atoms with Crippen molar-refractivity contribution < 1.29 is 0 Å². The summed E-state index contributed by atoms with van der Waals surface area (Å²) >= 11 is 0. The highest BCUT2D eigenvalue weighted by molar-refractivity contribution is 5.84. The van der Waals surface area contributed by atoms with Crippen LogP contribution < -0.4 is 4.90 Å². The molecule has 1 spiro atoms. The van der Waals surface area contributed by atoms with Crippen LogP contribution in [-0.2, 0) is 5.41 Å². The molecule has 1 heteroatoms. The Labute approximate surface area is 261 Å². The van der Waals surface area contributed by atoms with Crippen molar-refractivity contribution in [2.45, 2.75) is 11.8 Å². The van der Waals surface area contributed by atoms with E-state index in [1.807, 2.05) is 18.2 Å². The van der Waals surface area contributed by atoms with Crippen LogP contribution in [0.2, 0.25) is 0 Å². The maximum atomic E-state index is 3.92. The number of allylic oxidation sites excluding steroid dienone is 3. The van der Waals surface area contributed by atoms with Crippen molar-refractivity contribution in [2.24, 2.45) is 0 Å². The van der Waals surface area contributed by atoms with Gasteiger partial charge in [0.15, 0.2) is 0 Å². The third kappa shape index (κ3) is 4.97. The monoisotopic (exact) mass is 565 g/mol. The van der Waals surface area contributed by atoms with E-state index in [1.165, 1.54) is 50.3 Å². The van der Waals surface area contributed by atoms with E-state index in [2.05, 4.69) is 158 Å². The van der Waals surface area contributed by atoms with Crippen LogP contribution in [-0.4, -0.2) is 6.54 Å². The molecule has 1 unspecified atom stereocenters. The summed E-state index contributed by atoms with van der Waals surface area (Å²) in [5, 5.41) is 0. The molecule has 2 aliphatic rings. The second-order valence-electron chi connectivity index (χ2n) is 11.7. The van der Waals surface area contributed by atoms with Gasteiger partial charge in [0.05, 0.1) is 0 Å². The Kier molecular flexibility index (Phi) is 7.08. The highest BCUT2D eigenvalue weighted by Crippen LogP contribution is 2.51. The van der Waals surface area contributed by atoms with Crippen molar-refractivity contribution in [3.05, 3.63) is 181 Å². The molecule has 0 saturated heterocycles. The molecule has 0 bridgehead atoms. The minimum absolute atomic E-state index is 0.146. The van der Waals surface area contributed by atoms with Gasteiger partial charge in [-0.2, -0.15) is 0 Å². The molecule has 44 heavy (non-hydrogen) atoms. The van der Waals surface area contributed by atoms with Gasteiger partial charge in [-0.15, -0.1) is 0 Å². The van der Waals surface area contributed by atoms with E-state index in [9.17, 15) is 0 Å². The second kappa shape index (κ2) is 11.4. The lowest BCUT2D eigenvalue weighted by Crippen LogP contribution is -2.30. The molecule has 1 heterocycles. The van der Waals surface area contributed by atoms with Gasteiger partial charge in [-0.1, -0.05) is 147 Å². The molecule has 0 saturated carbocycles. The van der Waals surface area contributed by atoms with Gasteiger partial charge in [-0.25, -0.2) is 0 Å². The molecular weight excluding hydrogens is 530 g/mol. The molecule has 0 aromatic heterocycles. The van der Waals surface area contributed by atoms with E-state index in [0.29, 0.717) is 0 Å². The lowest BCUT2D eigenvalue weighted by molar-refractivity contribution is 0.581. The van der Waals surface area contributed by atoms with E-state index in [1.54, 1.807) is 0 Å². The number of hydrogen-bond donors (Lipinski definition) is 0. The molecule has 0 amide bonds. The Balaban J connectivity index is 1.30. The third-order valence-electron chi connectivity index (χ3n) is 9.09. The average Bonchev–Trinajstić information content (AvgIpc) is 3.40. The Morgan fingerprint density at radius 1 is 0.545 bits per heavy atom. The van der Waals surface area contributed by atoms with Crippen LogP contribution in [0.1, 0.15) is 34.2 Å². The number of nitrogens with zero attached hydrogens (tertiary/aromatic N) is 1. The quantitative estimate of drug-likeness (QED) is 0.190. The summed E-state index contributed by atoms with van der Waals surface area (Å²) < 4.78 is 0. The van der Waals surface area contributed by atoms with Crippen molar-refractivity contribution in [3.8, 4) is 22.3 Å². The SMILES string of the molecule is C=Cc1ccc(C2=CC3(CC=C2)CN(c2ccc(-c4ccc(C=C)cc4)cc2)c2ccc(-c4ccc(C=C)cc4)cc23)cc1. The molecular formula is C43H35N. The van der Waals surface area contributed by atoms with Crippen LogP contribution in [0.3, 0.4) is 0 Å². The van der Waals surface area contributed by atoms with Crippen molar-refractivity contribution in [3.63, 3.8) is 0 Å². The molecule has 1 aliphatic heterocycles. The van der Waals surface area contributed by atoms with E-state index >= 15 is 0 Å². The number of hydrogen-bond acceptors (Lipinski definition) is 1. The zero-order valence-electron chi connectivity index (χ0n) is 24.9. The van der Waals surface area contributed by atoms with Gasteiger partial charge in [-0.3, -0.25) is 0 Å². The minimum atomic E-state index is -0.146. The Morgan fingerprint density at radius 2 is 1.02 bits per heavy atom. The van der Waals surface area contributed by atoms with Gasteiger partial charge in [-0.05, 0) is 86.3 Å². The third-order valence-corrected chi connectivity index (χ3v) is 9.09. The molecule has 5 aromatic rings. The highest BCUT2D eigenvalue weighted by atomic mass is 15.2. The summed E-state index contributed by atoms with van der Waals surface area (Å²) in [6, 6.07) is 41.9. The molecule has 7 rings (SSSR count). The fraction of sp³-hybridized carbons (Fsp3) is 0.0698. The van der Waals surface area contributed by atoms with Crippen LogP contribution in [0.25, 0.3) is 46.1 Å². The standard InChI is InChI=1S/C43H35N/c1-4-31-9-15-34(16-10-31)35-21-24-40(25-22-35)44-30-43(27-7-8-39(29-43)37-19-13-33(6-3)14-20-37)41-28-38(23-26-42(41)44)36-17-11-32(5-2)12-18-36/h4-26,28-29H,1-3,27,30H2. The molecule has 212 valence electrons. The molecule has 5 aromatic carbocycles. The molecule has 1 nitrogen and oxygen atoms in total. The summed E-state index contributed by atoms with van der Waals surface area (Å²) in [6.07, 6.45) is 13.8. The van der Waals surface area contributed by atoms with Gasteiger partial charge >= 0.3 is 0 Å². The van der Waals surface area contributed by atoms with Crippen molar-refractivity contribution in [1.29, 1.82) is 0 Å². The first kappa shape index (κ1) is 27.4. The Hall–Kier alpha value is -5.40. The lowest BCUT2D eigenvalue weighted by Gasteiger charge is -2.30. The maximum absolute atomic E-state index is 3.92. The molecule has 1 atom stereocenters. The van der Waals surface area contributed by atoms with Crippen LogP contribution in [0, 0.1) is 0 Å². The number of fused-ring (bicyclic) bond motifs is 2. The molecule has 0 N–H and O–H groups in total. The van der Waals surface area contributed by atoms with Crippen molar-refractivity contribution in [2.75, 3.05) is 11.4 Å². The van der Waals surface area contributed by atoms with Crippen LogP contribution in [0.5, 0.6) is 0 Å². The first-order chi connectivity index (χ1) is 21.6. The smallest absolute Gasteiger partial charge is 0.0453 e. The average molecular weight is 566 g/mol. The highest BCUT2D eigenvalue weighted by Gasteiger charge is 2.42. The van der Waals surface area contributed by atoms with Crippen LogP contribution in [0.4, 0.5) is 11.4 Å². The van der Waals surface area contributed by atoms with E-state index in [-0.39, 0.29) is 5.41 Å². The Bertz CT molecular complexity index is 1920. The predicted molar refractivity (Wildman–Crippen MR) is 191 cm³/mol. The van der Waals surface area contributed by atoms with Gasteiger partial charge in [0.2, 0.25) is 0 Å². The van der Waals surface area contributed by atoms with Crippen LogP contribution in [0.15, 0.2) is 153 Å². The van der Waals surface area contributed by atoms with E-state index in [0.717, 1.165) is 29.7 Å². The molecule has 0 radical (unpaired) electrons. The second-order valence-corrected chi connectivity index (χ2v) is 11.7. The summed E-state index contributed by atoms with van der Waals surface area (Å²) in [4.78, 5) is 2.50. The largest absolute Gasteiger partial charge is 0.340 e. The van der Waals surface area contributed by atoms with E-state index in [4.69, 9.17) is 0 Å². The maximum Gasteiger partial charge on any atom is 0.0453 e. The van der Waals surface area contributed by atoms with Crippen molar-refractivity contribution in [1.82, 2.24) is 0 Å². The summed E-state index contributed by atoms with van der Waals surface area (Å²) in [7, 11) is 0. The van der Waals surface area contributed by atoms with Crippen molar-refractivity contribution >= 4 is 35.2 Å². The predicted octanol–water partition coefficient (Wildman–Crippen LogP) is 11.4. The molecule has 1 aliphatic carbocycles. The summed E-state index contributed by atoms with van der Waals surface area (Å²) in [6.45, 7) is 12.6. The van der Waals surface area contributed by atoms with E-state index < -0.39 is 0 Å². The fourth-order valence-corrected chi connectivity index (χ4v) is 6.58. The number of anilines is 2. The zero-order valence-corrected chi connectivity index (χ0v) is 24.9. The number of benzene rings is 5. The first-order valence-electron chi connectivity index (χ1n) is 15.2. The minimum Gasteiger partial charge on any atom is -0.340 e. The summed E-state index contributed by atoms with van der Waals surface area (Å²) in [5.41, 5.74) is 14.5. The van der Waals surface area contributed by atoms with Gasteiger partial charge in [0.25, 0.3) is 0 Å². The Morgan fingerprint density at radius 3 is 1.57 bits per heavy atom. The topological polar surface area (TPSA) is 3.24 Å². The summed E-state index contributed by atoms with van der Waals surface area (Å²) in [5.74, 6) is 0.